The number of aromatic amines is 1. The molecule has 8 nitrogen and oxygen atoms in total. The van der Waals surface area contributed by atoms with Crippen LogP contribution in [0.2, 0.25) is 0 Å². The summed E-state index contributed by atoms with van der Waals surface area (Å²) >= 11 is 2.98. The second-order valence-corrected chi connectivity index (χ2v) is 15.3. The van der Waals surface area contributed by atoms with E-state index in [-0.39, 0.29) is 7.43 Å². The Labute approximate surface area is 251 Å². The molecule has 1 unspecified atom stereocenters. The summed E-state index contributed by atoms with van der Waals surface area (Å²) in [5, 5.41) is 3.75. The van der Waals surface area contributed by atoms with E-state index in [4.69, 9.17) is 9.72 Å². The van der Waals surface area contributed by atoms with Crippen molar-refractivity contribution >= 4 is 49.3 Å². The predicted molar refractivity (Wildman–Crippen MR) is 168 cm³/mol. The molecule has 7 rings (SSSR count). The number of hydrogen-bond acceptors (Lipinski definition) is 8. The number of H-pyrrole nitrogens is 1. The van der Waals surface area contributed by atoms with Crippen molar-refractivity contribution in [3.63, 3.8) is 0 Å². The topological polar surface area (TPSA) is 81.8 Å². The number of nitrogens with zero attached hydrogens (tertiary/aromatic N) is 4. The first-order chi connectivity index (χ1) is 19.5. The third kappa shape index (κ3) is 6.25. The smallest absolute Gasteiger partial charge is 0.273 e. The first kappa shape index (κ1) is 28.8. The van der Waals surface area contributed by atoms with Crippen LogP contribution in [-0.2, 0) is 21.3 Å². The Morgan fingerprint density at radius 2 is 1.90 bits per heavy atom. The van der Waals surface area contributed by atoms with Gasteiger partial charge in [-0.2, -0.15) is 0 Å². The minimum absolute atomic E-state index is 0. The molecule has 0 spiro atoms. The molecule has 0 radical (unpaired) electrons. The molecule has 4 aromatic rings. The van der Waals surface area contributed by atoms with E-state index in [2.05, 4.69) is 20.9 Å². The highest BCUT2D eigenvalue weighted by atomic mass is 32.2. The van der Waals surface area contributed by atoms with Gasteiger partial charge in [-0.3, -0.25) is 14.1 Å². The van der Waals surface area contributed by atoms with Gasteiger partial charge in [-0.05, 0) is 55.2 Å². The van der Waals surface area contributed by atoms with Gasteiger partial charge in [0.25, 0.3) is 10.0 Å². The Morgan fingerprint density at radius 3 is 2.63 bits per heavy atom. The lowest BCUT2D eigenvalue weighted by Gasteiger charge is -2.35. The molecule has 0 amide bonds. The summed E-state index contributed by atoms with van der Waals surface area (Å²) < 4.78 is 35.2. The Balaban J connectivity index is 0.00000302. The number of fused-ring (bicyclic) bond motifs is 1. The van der Waals surface area contributed by atoms with Crippen molar-refractivity contribution in [2.45, 2.75) is 50.0 Å². The largest absolute Gasteiger partial charge is 0.377 e. The SMILES string of the molecule is C.O=S(=O)(c1cccs1)N(CC1CC1)c1cccc2cc(-c3ncc(CN4CCN(CC5CCCO5)CC4)s3)[nH]c12. The number of thiazole rings is 1. The lowest BCUT2D eigenvalue weighted by molar-refractivity contribution is 0.0491. The molecule has 3 aromatic heterocycles. The Kier molecular flexibility index (Phi) is 8.54. The number of nitrogens with one attached hydrogen (secondary N) is 1. The van der Waals surface area contributed by atoms with Gasteiger partial charge in [0.05, 0.1) is 23.0 Å². The highest BCUT2D eigenvalue weighted by Gasteiger charge is 2.34. The summed E-state index contributed by atoms with van der Waals surface area (Å²) in [6.45, 7) is 7.69. The van der Waals surface area contributed by atoms with Gasteiger partial charge in [0, 0.05) is 68.9 Å². The van der Waals surface area contributed by atoms with E-state index in [9.17, 15) is 8.42 Å². The molecular formula is C30H39N5O3S3. The average Bonchev–Trinajstić information content (AvgIpc) is 3.48. The lowest BCUT2D eigenvalue weighted by atomic mass is 10.2. The highest BCUT2D eigenvalue weighted by Crippen LogP contribution is 2.39. The summed E-state index contributed by atoms with van der Waals surface area (Å²) in [5.74, 6) is 0.416. The molecule has 3 fully saturated rings. The summed E-state index contributed by atoms with van der Waals surface area (Å²) in [7, 11) is -3.63. The second kappa shape index (κ2) is 12.1. The number of aromatic nitrogens is 2. The van der Waals surface area contributed by atoms with Crippen LogP contribution < -0.4 is 4.31 Å². The summed E-state index contributed by atoms with van der Waals surface area (Å²) in [6.07, 6.45) is 6.96. The maximum Gasteiger partial charge on any atom is 0.273 e. The predicted octanol–water partition coefficient (Wildman–Crippen LogP) is 5.89. The molecule has 3 aliphatic rings. The number of rotatable bonds is 10. The van der Waals surface area contributed by atoms with Crippen molar-refractivity contribution < 1.29 is 13.2 Å². The molecule has 2 saturated heterocycles. The first-order valence-corrected chi connectivity index (χ1v) is 17.4. The Bertz CT molecular complexity index is 1550. The molecule has 1 aliphatic carbocycles. The lowest BCUT2D eigenvalue weighted by Crippen LogP contribution is -2.47. The minimum Gasteiger partial charge on any atom is -0.377 e. The molecule has 1 N–H and O–H groups in total. The number of anilines is 1. The van der Waals surface area contributed by atoms with E-state index in [1.165, 1.54) is 29.1 Å². The van der Waals surface area contributed by atoms with Crippen LogP contribution in [0, 0.1) is 5.92 Å². The summed E-state index contributed by atoms with van der Waals surface area (Å²) in [4.78, 5) is 14.6. The zero-order valence-corrected chi connectivity index (χ0v) is 24.9. The van der Waals surface area contributed by atoms with Crippen LogP contribution in [0.25, 0.3) is 21.6 Å². The van der Waals surface area contributed by atoms with Gasteiger partial charge in [0.1, 0.15) is 9.22 Å². The van der Waals surface area contributed by atoms with Crippen LogP contribution in [0.5, 0.6) is 0 Å². The quantitative estimate of drug-likeness (QED) is 0.240. The number of para-hydroxylation sites is 1. The van der Waals surface area contributed by atoms with Crippen molar-refractivity contribution in [2.24, 2.45) is 5.92 Å². The number of benzene rings is 1. The molecule has 1 aromatic carbocycles. The van der Waals surface area contributed by atoms with Crippen LogP contribution in [-0.4, -0.2) is 80.2 Å². The number of hydrogen-bond donors (Lipinski definition) is 1. The maximum absolute atomic E-state index is 13.7. The number of ether oxygens (including phenoxy) is 1. The Morgan fingerprint density at radius 1 is 1.07 bits per heavy atom. The minimum atomic E-state index is -3.63. The zero-order valence-electron chi connectivity index (χ0n) is 22.5. The van der Waals surface area contributed by atoms with Gasteiger partial charge < -0.3 is 9.72 Å². The fraction of sp³-hybridized carbons (Fsp3) is 0.500. The third-order valence-electron chi connectivity index (χ3n) is 8.18. The first-order valence-electron chi connectivity index (χ1n) is 14.2. The van der Waals surface area contributed by atoms with E-state index in [0.717, 1.165) is 80.3 Å². The van der Waals surface area contributed by atoms with Crippen LogP contribution in [0.3, 0.4) is 0 Å². The van der Waals surface area contributed by atoms with Crippen LogP contribution in [0.15, 0.2) is 52.2 Å². The molecule has 1 saturated carbocycles. The van der Waals surface area contributed by atoms with Crippen molar-refractivity contribution in [3.05, 3.63) is 52.9 Å². The second-order valence-electron chi connectivity index (χ2n) is 11.2. The van der Waals surface area contributed by atoms with Crippen molar-refractivity contribution in [2.75, 3.05) is 50.2 Å². The van der Waals surface area contributed by atoms with Crippen molar-refractivity contribution in [3.8, 4) is 10.7 Å². The van der Waals surface area contributed by atoms with E-state index in [1.54, 1.807) is 27.8 Å². The standard InChI is InChI=1S/C29H35N5O3S3.CH4/c35-40(36,27-7-3-15-38-27)34(18-21-8-9-21)26-6-1-4-22-16-25(31-28(22)26)29-30-17-24(39-29)20-33-12-10-32(11-13-33)19-23-5-2-14-37-23;/h1,3-4,6-7,15-17,21,23,31H,2,5,8-14,18-20H2;1H4. The van der Waals surface area contributed by atoms with Gasteiger partial charge in [0.2, 0.25) is 0 Å². The highest BCUT2D eigenvalue weighted by molar-refractivity contribution is 7.94. The molecule has 5 heterocycles. The molecule has 0 bridgehead atoms. The van der Waals surface area contributed by atoms with Crippen molar-refractivity contribution in [1.29, 1.82) is 0 Å². The maximum atomic E-state index is 13.7. The van der Waals surface area contributed by atoms with Gasteiger partial charge in [-0.15, -0.1) is 22.7 Å². The summed E-state index contributed by atoms with van der Waals surface area (Å²) in [5.41, 5.74) is 2.49. The molecular weight excluding hydrogens is 575 g/mol. The monoisotopic (exact) mass is 613 g/mol. The van der Waals surface area contributed by atoms with Gasteiger partial charge in [-0.25, -0.2) is 13.4 Å². The third-order valence-corrected chi connectivity index (χ3v) is 12.3. The van der Waals surface area contributed by atoms with Crippen LogP contribution in [0.4, 0.5) is 5.69 Å². The summed E-state index contributed by atoms with van der Waals surface area (Å²) in [6, 6.07) is 11.5. The van der Waals surface area contributed by atoms with E-state index in [0.29, 0.717) is 28.5 Å². The fourth-order valence-electron chi connectivity index (χ4n) is 5.77. The molecule has 220 valence electrons. The normalized spacial score (nSPS) is 20.4. The van der Waals surface area contributed by atoms with Crippen LogP contribution >= 0.6 is 22.7 Å². The number of sulfonamides is 1. The zero-order chi connectivity index (χ0) is 27.1. The molecule has 41 heavy (non-hydrogen) atoms. The van der Waals surface area contributed by atoms with Gasteiger partial charge >= 0.3 is 0 Å². The van der Waals surface area contributed by atoms with E-state index >= 15 is 0 Å². The number of thiophene rings is 1. The number of piperazine rings is 1. The molecule has 1 atom stereocenters. The van der Waals surface area contributed by atoms with E-state index < -0.39 is 10.0 Å². The van der Waals surface area contributed by atoms with Gasteiger partial charge in [-0.1, -0.05) is 25.6 Å². The van der Waals surface area contributed by atoms with Gasteiger partial charge in [0.15, 0.2) is 0 Å². The fourth-order valence-corrected chi connectivity index (χ4v) is 9.36. The molecule has 11 heteroatoms. The van der Waals surface area contributed by atoms with Crippen LogP contribution in [0.1, 0.15) is 38.0 Å². The molecule has 2 aliphatic heterocycles. The van der Waals surface area contributed by atoms with Crippen molar-refractivity contribution in [1.82, 2.24) is 19.8 Å². The Hall–Kier alpha value is -2.28. The average molecular weight is 614 g/mol. The van der Waals surface area contributed by atoms with E-state index in [1.807, 2.05) is 29.8 Å².